The van der Waals surface area contributed by atoms with Gasteiger partial charge < -0.3 is 11.1 Å². The van der Waals surface area contributed by atoms with E-state index in [0.717, 1.165) is 35.1 Å². The van der Waals surface area contributed by atoms with Crippen molar-refractivity contribution in [2.45, 2.75) is 52.0 Å². The number of rotatable bonds is 15. The Kier molecular flexibility index (Phi) is 15.0. The number of nitrogens with two attached hydrogens (primary N) is 1. The lowest BCUT2D eigenvalue weighted by molar-refractivity contribution is 0.147. The van der Waals surface area contributed by atoms with E-state index < -0.39 is 13.0 Å². The normalized spacial score (nSPS) is 15.1. The number of allylic oxidation sites excluding steroid dienone is 7. The maximum Gasteiger partial charge on any atom is 0.255 e. The van der Waals surface area contributed by atoms with Crippen LogP contribution < -0.4 is 11.1 Å². The second-order valence-electron chi connectivity index (χ2n) is 7.52. The average molecular weight is 435 g/mol. The van der Waals surface area contributed by atoms with Crippen LogP contribution in [-0.4, -0.2) is 51.3 Å². The molecule has 174 valence electrons. The summed E-state index contributed by atoms with van der Waals surface area (Å²) in [5.74, 6) is 0. The first-order chi connectivity index (χ1) is 14.7. The van der Waals surface area contributed by atoms with E-state index in [2.05, 4.69) is 36.5 Å². The van der Waals surface area contributed by atoms with E-state index in [1.807, 2.05) is 32.0 Å². The van der Waals surface area contributed by atoms with Gasteiger partial charge in [0, 0.05) is 19.0 Å². The summed E-state index contributed by atoms with van der Waals surface area (Å²) in [7, 11) is 5.48. The number of likely N-dealkylation sites (N-methyl/N-ethyl adjacent to an activating group) is 1. The van der Waals surface area contributed by atoms with Crippen molar-refractivity contribution in [1.29, 1.82) is 0 Å². The maximum atomic E-state index is 12.9. The zero-order valence-corrected chi connectivity index (χ0v) is 19.8. The summed E-state index contributed by atoms with van der Waals surface area (Å²) in [4.78, 5) is 5.97. The smallest absolute Gasteiger partial charge is 0.255 e. The van der Waals surface area contributed by atoms with Crippen LogP contribution >= 0.6 is 0 Å². The molecule has 4 nitrogen and oxygen atoms in total. The lowest BCUT2D eigenvalue weighted by Gasteiger charge is -2.30. The molecule has 31 heavy (non-hydrogen) atoms. The van der Waals surface area contributed by atoms with Crippen LogP contribution in [0.15, 0.2) is 76.6 Å². The van der Waals surface area contributed by atoms with Gasteiger partial charge in [-0.05, 0) is 69.3 Å². The van der Waals surface area contributed by atoms with Crippen LogP contribution in [0.3, 0.4) is 0 Å². The number of hydrogen-bond donors (Lipinski definition) is 2. The van der Waals surface area contributed by atoms with Crippen molar-refractivity contribution in [3.63, 3.8) is 0 Å². The van der Waals surface area contributed by atoms with E-state index >= 15 is 0 Å². The fourth-order valence-electron chi connectivity index (χ4n) is 3.32. The van der Waals surface area contributed by atoms with Crippen molar-refractivity contribution >= 4 is 6.21 Å². The van der Waals surface area contributed by atoms with E-state index in [1.54, 1.807) is 31.6 Å². The molecule has 0 amide bonds. The summed E-state index contributed by atoms with van der Waals surface area (Å²) in [5.41, 5.74) is 10.7. The van der Waals surface area contributed by atoms with Gasteiger partial charge in [-0.3, -0.25) is 9.89 Å². The Morgan fingerprint density at radius 1 is 1.23 bits per heavy atom. The molecule has 0 aliphatic heterocycles. The second kappa shape index (κ2) is 16.3. The zero-order chi connectivity index (χ0) is 23.8. The molecule has 1 atom stereocenters. The molecule has 0 spiro atoms. The first kappa shape index (κ1) is 28.5. The van der Waals surface area contributed by atoms with E-state index in [9.17, 15) is 8.78 Å². The molecule has 0 heterocycles. The van der Waals surface area contributed by atoms with Gasteiger partial charge >= 0.3 is 0 Å². The summed E-state index contributed by atoms with van der Waals surface area (Å²) < 4.78 is 25.8. The molecule has 0 aliphatic carbocycles. The third-order valence-corrected chi connectivity index (χ3v) is 4.68. The summed E-state index contributed by atoms with van der Waals surface area (Å²) in [5, 5.41) is 2.88. The van der Waals surface area contributed by atoms with Gasteiger partial charge in [-0.2, -0.15) is 0 Å². The van der Waals surface area contributed by atoms with Crippen molar-refractivity contribution < 1.29 is 8.78 Å². The molecule has 0 aromatic heterocycles. The number of unbranched alkanes of at least 4 members (excludes halogenated alkanes) is 1. The van der Waals surface area contributed by atoms with Gasteiger partial charge in [0.05, 0.1) is 12.6 Å². The average Bonchev–Trinajstić information content (AvgIpc) is 2.71. The standard InChI is InChI=1S/C25H40F2N4/c1-8-10-12-22(19(3)4)21(17-28)14-13-20(11-9-2)25(31(6)7)23(15-16-29-5)30-18-24(26)27/h9,11-12,15-17,24-25,30H,2-3,8,10,13-14,18,28H2,1,4-7H3/b20-11-,21-17-,22-12-,23-15-,29-16?. The van der Waals surface area contributed by atoms with E-state index in [4.69, 9.17) is 5.73 Å². The number of halogens is 2. The molecule has 0 aromatic rings. The highest BCUT2D eigenvalue weighted by molar-refractivity contribution is 5.72. The molecule has 0 aromatic carbocycles. The van der Waals surface area contributed by atoms with Crippen molar-refractivity contribution in [1.82, 2.24) is 10.2 Å². The Bertz CT molecular complexity index is 713. The molecule has 0 saturated heterocycles. The quantitative estimate of drug-likeness (QED) is 0.268. The fraction of sp³-hybridized carbons (Fsp3) is 0.480. The summed E-state index contributed by atoms with van der Waals surface area (Å²) in [6, 6.07) is -0.235. The Balaban J connectivity index is 5.94. The third-order valence-electron chi connectivity index (χ3n) is 4.68. The van der Waals surface area contributed by atoms with Crippen LogP contribution in [0.4, 0.5) is 8.78 Å². The van der Waals surface area contributed by atoms with Gasteiger partial charge in [0.1, 0.15) is 0 Å². The van der Waals surface area contributed by atoms with Gasteiger partial charge in [-0.15, -0.1) is 0 Å². The molecule has 1 unspecified atom stereocenters. The van der Waals surface area contributed by atoms with Crippen LogP contribution in [0, 0.1) is 0 Å². The molecule has 0 saturated carbocycles. The molecule has 0 aliphatic rings. The van der Waals surface area contributed by atoms with Crippen LogP contribution in [0.1, 0.15) is 39.5 Å². The van der Waals surface area contributed by atoms with Gasteiger partial charge in [-0.1, -0.05) is 50.3 Å². The lowest BCUT2D eigenvalue weighted by atomic mass is 9.90. The topological polar surface area (TPSA) is 53.6 Å². The van der Waals surface area contributed by atoms with Crippen molar-refractivity contribution in [2.24, 2.45) is 10.7 Å². The highest BCUT2D eigenvalue weighted by Crippen LogP contribution is 2.27. The van der Waals surface area contributed by atoms with Crippen molar-refractivity contribution in [2.75, 3.05) is 27.7 Å². The van der Waals surface area contributed by atoms with Crippen LogP contribution in [0.2, 0.25) is 0 Å². The number of hydrogen-bond acceptors (Lipinski definition) is 4. The number of nitrogens with zero attached hydrogens (tertiary/aromatic N) is 2. The molecule has 0 fully saturated rings. The van der Waals surface area contributed by atoms with Gasteiger partial charge in [-0.25, -0.2) is 8.78 Å². The largest absolute Gasteiger partial charge is 0.404 e. The van der Waals surface area contributed by atoms with Crippen molar-refractivity contribution in [3.8, 4) is 0 Å². The lowest BCUT2D eigenvalue weighted by Crippen LogP contribution is -2.39. The van der Waals surface area contributed by atoms with Crippen LogP contribution in [0.5, 0.6) is 0 Å². The van der Waals surface area contributed by atoms with E-state index in [0.29, 0.717) is 18.5 Å². The maximum absolute atomic E-state index is 12.9. The Labute approximate surface area is 187 Å². The summed E-state index contributed by atoms with van der Waals surface area (Å²) >= 11 is 0. The molecule has 0 rings (SSSR count). The van der Waals surface area contributed by atoms with Crippen LogP contribution in [-0.2, 0) is 0 Å². The molecular formula is C25H40F2N4. The predicted molar refractivity (Wildman–Crippen MR) is 132 cm³/mol. The highest BCUT2D eigenvalue weighted by Gasteiger charge is 2.22. The molecule has 0 radical (unpaired) electrons. The Hall–Kier alpha value is -2.47. The predicted octanol–water partition coefficient (Wildman–Crippen LogP) is 5.39. The molecule has 3 N–H and O–H groups in total. The fourth-order valence-corrected chi connectivity index (χ4v) is 3.32. The Morgan fingerprint density at radius 2 is 1.90 bits per heavy atom. The summed E-state index contributed by atoms with van der Waals surface area (Å²) in [6.45, 7) is 11.6. The summed E-state index contributed by atoms with van der Waals surface area (Å²) in [6.07, 6.45) is 11.8. The molecular weight excluding hydrogens is 394 g/mol. The van der Waals surface area contributed by atoms with E-state index in [-0.39, 0.29) is 6.04 Å². The van der Waals surface area contributed by atoms with Crippen molar-refractivity contribution in [3.05, 3.63) is 71.7 Å². The molecule has 0 bridgehead atoms. The SMILES string of the molecule is C=C/C=C(/CCC(=C/N)/C(=C\CCC)C(=C)C)C(/C(=C/C=NC)NCC(F)F)N(C)C. The minimum Gasteiger partial charge on any atom is -0.404 e. The van der Waals surface area contributed by atoms with Gasteiger partial charge in [0.25, 0.3) is 6.43 Å². The highest BCUT2D eigenvalue weighted by atomic mass is 19.3. The van der Waals surface area contributed by atoms with Crippen LogP contribution in [0.25, 0.3) is 0 Å². The molecule has 6 heteroatoms. The first-order valence-corrected chi connectivity index (χ1v) is 10.6. The number of alkyl halides is 2. The van der Waals surface area contributed by atoms with Gasteiger partial charge in [0.15, 0.2) is 0 Å². The second-order valence-corrected chi connectivity index (χ2v) is 7.52. The zero-order valence-electron chi connectivity index (χ0n) is 19.8. The third kappa shape index (κ3) is 10.9. The van der Waals surface area contributed by atoms with Gasteiger partial charge in [0.2, 0.25) is 0 Å². The minimum atomic E-state index is -2.45. The minimum absolute atomic E-state index is 0.235. The number of nitrogens with one attached hydrogen (secondary N) is 1. The monoisotopic (exact) mass is 434 g/mol. The van der Waals surface area contributed by atoms with E-state index in [1.165, 1.54) is 0 Å². The first-order valence-electron chi connectivity index (χ1n) is 10.6. The Morgan fingerprint density at radius 3 is 2.35 bits per heavy atom. The number of aliphatic imine (C=N–C) groups is 1.